The van der Waals surface area contributed by atoms with Crippen LogP contribution < -0.4 is 11.4 Å². The van der Waals surface area contributed by atoms with Gasteiger partial charge in [-0.25, -0.2) is 13.9 Å². The average Bonchev–Trinajstić information content (AvgIpc) is 3.28. The number of nitrogens with two attached hydrogens (primary N) is 1. The van der Waals surface area contributed by atoms with Gasteiger partial charge in [-0.15, -0.1) is 11.3 Å². The minimum Gasteiger partial charge on any atom is -0.327 e. The third-order valence-corrected chi connectivity index (χ3v) is 4.72. The summed E-state index contributed by atoms with van der Waals surface area (Å²) in [6.07, 6.45) is 3.62. The fourth-order valence-electron chi connectivity index (χ4n) is 2.31. The fraction of sp³-hybridized carbons (Fsp3) is 0.267. The van der Waals surface area contributed by atoms with E-state index in [4.69, 9.17) is 5.73 Å². The molecule has 0 fully saturated rings. The van der Waals surface area contributed by atoms with Gasteiger partial charge < -0.3 is 5.73 Å². The van der Waals surface area contributed by atoms with Crippen molar-refractivity contribution in [2.75, 3.05) is 6.54 Å². The van der Waals surface area contributed by atoms with E-state index in [0.717, 1.165) is 15.4 Å². The summed E-state index contributed by atoms with van der Waals surface area (Å²) in [6, 6.07) is 5.92. The third-order valence-electron chi connectivity index (χ3n) is 3.63. The van der Waals surface area contributed by atoms with Gasteiger partial charge in [0.25, 0.3) is 0 Å². The molecule has 0 aromatic carbocycles. The zero-order valence-corrected chi connectivity index (χ0v) is 13.9. The highest BCUT2D eigenvalue weighted by atomic mass is 32.1. The van der Waals surface area contributed by atoms with E-state index in [-0.39, 0.29) is 18.8 Å². The van der Waals surface area contributed by atoms with Crippen LogP contribution in [0.25, 0.3) is 10.6 Å². The number of nitrogens with zero attached hydrogens (tertiary/aromatic N) is 5. The minimum absolute atomic E-state index is 0.0504. The number of halogens is 1. The predicted molar refractivity (Wildman–Crippen MR) is 90.4 cm³/mol. The van der Waals surface area contributed by atoms with Crippen LogP contribution in [-0.4, -0.2) is 30.7 Å². The number of rotatable bonds is 6. The van der Waals surface area contributed by atoms with Crippen molar-refractivity contribution in [3.05, 3.63) is 58.0 Å². The Kier molecular flexibility index (Phi) is 4.72. The molecule has 0 aliphatic rings. The first-order chi connectivity index (χ1) is 11.6. The molecule has 0 saturated heterocycles. The van der Waals surface area contributed by atoms with Crippen molar-refractivity contribution in [3.63, 3.8) is 0 Å². The van der Waals surface area contributed by atoms with E-state index in [1.54, 1.807) is 22.2 Å². The smallest absolute Gasteiger partial charge is 0.327 e. The predicted octanol–water partition coefficient (Wildman–Crippen LogP) is 1.37. The van der Waals surface area contributed by atoms with Gasteiger partial charge in [0.2, 0.25) is 0 Å². The summed E-state index contributed by atoms with van der Waals surface area (Å²) in [7, 11) is 1.89. The molecule has 0 aliphatic carbocycles. The van der Waals surface area contributed by atoms with Crippen LogP contribution in [-0.2, 0) is 20.1 Å². The van der Waals surface area contributed by atoms with E-state index in [0.29, 0.717) is 18.4 Å². The van der Waals surface area contributed by atoms with Crippen molar-refractivity contribution in [1.29, 1.82) is 0 Å². The summed E-state index contributed by atoms with van der Waals surface area (Å²) in [4.78, 5) is 14.4. The van der Waals surface area contributed by atoms with Gasteiger partial charge in [0.15, 0.2) is 0 Å². The third kappa shape index (κ3) is 3.22. The Hall–Kier alpha value is -2.52. The SMILES string of the molecule is Cn1nccc1-c1ccc(Cn2cnn(C/C(=C/F)CN)c2=O)s1. The Morgan fingerprint density at radius 2 is 2.21 bits per heavy atom. The first kappa shape index (κ1) is 16.3. The number of thiophene rings is 1. The number of aromatic nitrogens is 5. The summed E-state index contributed by atoms with van der Waals surface area (Å²) >= 11 is 1.59. The van der Waals surface area contributed by atoms with Crippen LogP contribution in [0.2, 0.25) is 0 Å². The maximum atomic E-state index is 12.6. The van der Waals surface area contributed by atoms with Crippen molar-refractivity contribution in [1.82, 2.24) is 24.1 Å². The van der Waals surface area contributed by atoms with Gasteiger partial charge in [-0.1, -0.05) is 0 Å². The van der Waals surface area contributed by atoms with Crippen molar-refractivity contribution < 1.29 is 4.39 Å². The Morgan fingerprint density at radius 1 is 1.38 bits per heavy atom. The highest BCUT2D eigenvalue weighted by molar-refractivity contribution is 7.15. The van der Waals surface area contributed by atoms with Crippen LogP contribution >= 0.6 is 11.3 Å². The van der Waals surface area contributed by atoms with Gasteiger partial charge in [0, 0.05) is 24.7 Å². The van der Waals surface area contributed by atoms with Crippen LogP contribution in [0, 0.1) is 0 Å². The molecule has 0 spiro atoms. The van der Waals surface area contributed by atoms with Crippen LogP contribution in [0.15, 0.2) is 47.4 Å². The van der Waals surface area contributed by atoms with Crippen molar-refractivity contribution >= 4 is 11.3 Å². The van der Waals surface area contributed by atoms with E-state index in [1.165, 1.54) is 15.6 Å². The summed E-state index contributed by atoms with van der Waals surface area (Å²) in [5, 5.41) is 8.17. The first-order valence-corrected chi connectivity index (χ1v) is 8.11. The second kappa shape index (κ2) is 6.93. The van der Waals surface area contributed by atoms with E-state index < -0.39 is 0 Å². The quantitative estimate of drug-likeness (QED) is 0.729. The Labute approximate surface area is 141 Å². The lowest BCUT2D eigenvalue weighted by Gasteiger charge is -2.01. The molecule has 0 aliphatic heterocycles. The van der Waals surface area contributed by atoms with Crippen molar-refractivity contribution in [2.45, 2.75) is 13.1 Å². The first-order valence-electron chi connectivity index (χ1n) is 7.30. The zero-order valence-electron chi connectivity index (χ0n) is 13.1. The Balaban J connectivity index is 1.78. The van der Waals surface area contributed by atoms with Gasteiger partial charge in [0.1, 0.15) is 6.33 Å². The summed E-state index contributed by atoms with van der Waals surface area (Å²) in [6.45, 7) is 0.525. The molecule has 0 amide bonds. The molecule has 126 valence electrons. The molecule has 3 aromatic rings. The monoisotopic (exact) mass is 348 g/mol. The van der Waals surface area contributed by atoms with Crippen molar-refractivity contribution in [3.8, 4) is 10.6 Å². The number of hydrogen-bond donors (Lipinski definition) is 1. The summed E-state index contributed by atoms with van der Waals surface area (Å²) < 4.78 is 17.1. The number of aryl methyl sites for hydroxylation is 1. The van der Waals surface area contributed by atoms with Gasteiger partial charge in [0.05, 0.1) is 30.0 Å². The summed E-state index contributed by atoms with van der Waals surface area (Å²) in [5.74, 6) is 0. The largest absolute Gasteiger partial charge is 0.346 e. The second-order valence-corrected chi connectivity index (χ2v) is 6.44. The van der Waals surface area contributed by atoms with E-state index in [1.807, 2.05) is 25.2 Å². The van der Waals surface area contributed by atoms with Crippen molar-refractivity contribution in [2.24, 2.45) is 12.8 Å². The Bertz CT molecular complexity index is 918. The standard InChI is InChI=1S/C15H17FN6OS/c1-20-13(4-5-18-20)14-3-2-12(24-14)9-21-10-19-22(15(21)23)8-11(6-16)7-17/h2-6,10H,7-9,17H2,1H3/b11-6+. The molecule has 3 heterocycles. The lowest BCUT2D eigenvalue weighted by atomic mass is 10.3. The van der Waals surface area contributed by atoms with Crippen LogP contribution in [0.4, 0.5) is 4.39 Å². The van der Waals surface area contributed by atoms with Gasteiger partial charge in [-0.05, 0) is 23.8 Å². The summed E-state index contributed by atoms with van der Waals surface area (Å²) in [5.41, 5.74) is 6.46. The molecule has 7 nitrogen and oxygen atoms in total. The lowest BCUT2D eigenvalue weighted by molar-refractivity contribution is 0.604. The van der Waals surface area contributed by atoms with E-state index in [9.17, 15) is 9.18 Å². The molecule has 0 unspecified atom stereocenters. The average molecular weight is 348 g/mol. The van der Waals surface area contributed by atoms with Gasteiger partial charge >= 0.3 is 5.69 Å². The normalized spacial score (nSPS) is 12.0. The molecule has 9 heteroatoms. The maximum absolute atomic E-state index is 12.6. The van der Waals surface area contributed by atoms with Crippen LogP contribution in [0.5, 0.6) is 0 Å². The van der Waals surface area contributed by atoms with Gasteiger partial charge in [-0.2, -0.15) is 10.2 Å². The molecular formula is C15H17FN6OS. The molecular weight excluding hydrogens is 331 g/mol. The van der Waals surface area contributed by atoms with Crippen LogP contribution in [0.3, 0.4) is 0 Å². The van der Waals surface area contributed by atoms with Gasteiger partial charge in [-0.3, -0.25) is 9.25 Å². The zero-order chi connectivity index (χ0) is 17.1. The van der Waals surface area contributed by atoms with E-state index >= 15 is 0 Å². The molecule has 2 N–H and O–H groups in total. The number of hydrogen-bond acceptors (Lipinski definition) is 5. The molecule has 3 aromatic heterocycles. The minimum atomic E-state index is -0.293. The second-order valence-electron chi connectivity index (χ2n) is 5.28. The van der Waals surface area contributed by atoms with E-state index in [2.05, 4.69) is 10.2 Å². The topological polar surface area (TPSA) is 83.7 Å². The Morgan fingerprint density at radius 3 is 2.88 bits per heavy atom. The highest BCUT2D eigenvalue weighted by Crippen LogP contribution is 2.27. The lowest BCUT2D eigenvalue weighted by Crippen LogP contribution is -2.26. The molecule has 0 radical (unpaired) electrons. The molecule has 0 bridgehead atoms. The maximum Gasteiger partial charge on any atom is 0.346 e. The fourth-order valence-corrected chi connectivity index (χ4v) is 3.37. The van der Waals surface area contributed by atoms with Crippen LogP contribution in [0.1, 0.15) is 4.88 Å². The molecule has 0 saturated carbocycles. The molecule has 24 heavy (non-hydrogen) atoms. The molecule has 0 atom stereocenters. The molecule has 3 rings (SSSR count). The highest BCUT2D eigenvalue weighted by Gasteiger charge is 2.10.